The Hall–Kier alpha value is -3.03. The van der Waals surface area contributed by atoms with Crippen molar-refractivity contribution in [3.8, 4) is 5.69 Å². The minimum Gasteiger partial charge on any atom is -0.393 e. The van der Waals surface area contributed by atoms with Crippen molar-refractivity contribution in [1.82, 2.24) is 20.0 Å². The summed E-state index contributed by atoms with van der Waals surface area (Å²) >= 11 is 0. The minimum absolute atomic E-state index is 0.162. The molecule has 0 unspecified atom stereocenters. The molecule has 1 aliphatic rings. The van der Waals surface area contributed by atoms with Crippen molar-refractivity contribution in [1.29, 1.82) is 0 Å². The topological polar surface area (TPSA) is 70.4 Å². The third-order valence-electron chi connectivity index (χ3n) is 5.77. The van der Waals surface area contributed by atoms with Crippen LogP contribution in [0, 0.1) is 12.7 Å². The van der Waals surface area contributed by atoms with E-state index in [4.69, 9.17) is 0 Å². The zero-order chi connectivity index (χ0) is 21.8. The fraction of sp³-hybridized carbons (Fsp3) is 0.333. The van der Waals surface area contributed by atoms with E-state index < -0.39 is 0 Å². The van der Waals surface area contributed by atoms with Crippen LogP contribution in [0.1, 0.15) is 40.0 Å². The average molecular weight is 423 g/mol. The van der Waals surface area contributed by atoms with Gasteiger partial charge in [0.05, 0.1) is 23.6 Å². The summed E-state index contributed by atoms with van der Waals surface area (Å²) in [5, 5.41) is 16.7. The Balaban J connectivity index is 1.34. The van der Waals surface area contributed by atoms with Crippen LogP contribution in [0.4, 0.5) is 4.39 Å². The number of nitrogens with one attached hydrogen (secondary N) is 1. The number of para-hydroxylation sites is 1. The number of benzene rings is 2. The van der Waals surface area contributed by atoms with Crippen LogP contribution in [-0.4, -0.2) is 44.9 Å². The lowest BCUT2D eigenvalue weighted by atomic mass is 10.1. The molecule has 0 saturated carbocycles. The molecule has 2 aromatic carbocycles. The molecule has 31 heavy (non-hydrogen) atoms. The van der Waals surface area contributed by atoms with Gasteiger partial charge >= 0.3 is 0 Å². The fourth-order valence-electron chi connectivity index (χ4n) is 3.87. The third-order valence-corrected chi connectivity index (χ3v) is 5.77. The molecule has 0 atom stereocenters. The molecular formula is C24H27FN4O2. The molecule has 0 radical (unpaired) electrons. The maximum absolute atomic E-state index is 14.1. The molecule has 0 spiro atoms. The third kappa shape index (κ3) is 5.00. The van der Waals surface area contributed by atoms with Crippen LogP contribution in [-0.2, 0) is 13.1 Å². The van der Waals surface area contributed by atoms with Gasteiger partial charge in [0, 0.05) is 26.2 Å². The second-order valence-corrected chi connectivity index (χ2v) is 8.01. The molecule has 2 heterocycles. The molecule has 4 rings (SSSR count). The van der Waals surface area contributed by atoms with E-state index in [0.717, 1.165) is 38.0 Å². The maximum atomic E-state index is 14.1. The first kappa shape index (κ1) is 21.2. The number of hydrogen-bond acceptors (Lipinski definition) is 4. The molecule has 1 aliphatic heterocycles. The molecule has 7 heteroatoms. The summed E-state index contributed by atoms with van der Waals surface area (Å²) < 4.78 is 15.5. The first-order valence-electron chi connectivity index (χ1n) is 10.6. The van der Waals surface area contributed by atoms with Gasteiger partial charge in [-0.1, -0.05) is 36.4 Å². The second kappa shape index (κ2) is 9.41. The van der Waals surface area contributed by atoms with E-state index in [1.807, 2.05) is 12.1 Å². The Morgan fingerprint density at radius 1 is 1.13 bits per heavy atom. The highest BCUT2D eigenvalue weighted by molar-refractivity contribution is 5.95. The van der Waals surface area contributed by atoms with Gasteiger partial charge in [-0.2, -0.15) is 5.10 Å². The predicted molar refractivity (Wildman–Crippen MR) is 116 cm³/mol. The zero-order valence-corrected chi connectivity index (χ0v) is 17.6. The van der Waals surface area contributed by atoms with Gasteiger partial charge in [-0.15, -0.1) is 0 Å². The molecule has 1 fully saturated rings. The van der Waals surface area contributed by atoms with Crippen molar-refractivity contribution in [2.75, 3.05) is 13.1 Å². The number of rotatable bonds is 6. The monoisotopic (exact) mass is 422 g/mol. The van der Waals surface area contributed by atoms with E-state index in [2.05, 4.69) is 27.4 Å². The van der Waals surface area contributed by atoms with E-state index in [-0.39, 0.29) is 17.8 Å². The van der Waals surface area contributed by atoms with Gasteiger partial charge < -0.3 is 10.4 Å². The van der Waals surface area contributed by atoms with Crippen molar-refractivity contribution in [2.45, 2.75) is 39.0 Å². The molecule has 3 aromatic rings. The van der Waals surface area contributed by atoms with Gasteiger partial charge in [-0.05, 0) is 43.0 Å². The van der Waals surface area contributed by atoms with Crippen molar-refractivity contribution in [3.63, 3.8) is 0 Å². The average Bonchev–Trinajstić information content (AvgIpc) is 3.16. The van der Waals surface area contributed by atoms with Gasteiger partial charge in [0.1, 0.15) is 11.5 Å². The molecule has 162 valence electrons. The Morgan fingerprint density at radius 2 is 1.81 bits per heavy atom. The first-order chi connectivity index (χ1) is 15.0. The number of piperidine rings is 1. The Kier molecular flexibility index (Phi) is 6.44. The minimum atomic E-state index is -0.388. The highest BCUT2D eigenvalue weighted by Gasteiger charge is 2.18. The standard InChI is InChI=1S/C24H27FN4O2/c1-17-21(15-27-29(17)23-5-3-2-4-22(23)25)24(31)26-14-18-6-8-19(9-7-18)16-28-12-10-20(30)11-13-28/h2-9,15,20,30H,10-14,16H2,1H3,(H,26,31). The zero-order valence-electron chi connectivity index (χ0n) is 17.6. The molecule has 1 aromatic heterocycles. The highest BCUT2D eigenvalue weighted by Crippen LogP contribution is 2.18. The number of amides is 1. The molecule has 0 aliphatic carbocycles. The van der Waals surface area contributed by atoms with Gasteiger partial charge in [0.25, 0.3) is 5.91 Å². The summed E-state index contributed by atoms with van der Waals surface area (Å²) in [5.41, 5.74) is 3.55. The number of nitrogens with zero attached hydrogens (tertiary/aromatic N) is 3. The summed E-state index contributed by atoms with van der Waals surface area (Å²) in [6.07, 6.45) is 2.97. The summed E-state index contributed by atoms with van der Waals surface area (Å²) in [5.74, 6) is -0.627. The van der Waals surface area contributed by atoms with E-state index in [1.54, 1.807) is 25.1 Å². The van der Waals surface area contributed by atoms with Crippen LogP contribution in [0.15, 0.2) is 54.7 Å². The Labute approximate surface area is 181 Å². The largest absolute Gasteiger partial charge is 0.393 e. The number of aliphatic hydroxyl groups is 1. The second-order valence-electron chi connectivity index (χ2n) is 8.01. The number of halogens is 1. The number of aromatic nitrogens is 2. The first-order valence-corrected chi connectivity index (χ1v) is 10.6. The van der Waals surface area contributed by atoms with Crippen molar-refractivity contribution < 1.29 is 14.3 Å². The quantitative estimate of drug-likeness (QED) is 0.640. The Bertz CT molecular complexity index is 1040. The predicted octanol–water partition coefficient (Wildman–Crippen LogP) is 3.21. The van der Waals surface area contributed by atoms with E-state index in [0.29, 0.717) is 23.5 Å². The van der Waals surface area contributed by atoms with Gasteiger partial charge in [-0.25, -0.2) is 9.07 Å². The van der Waals surface area contributed by atoms with Gasteiger partial charge in [0.2, 0.25) is 0 Å². The number of hydrogen-bond donors (Lipinski definition) is 2. The number of carbonyl (C=O) groups excluding carboxylic acids is 1. The van der Waals surface area contributed by atoms with Crippen LogP contribution in [0.2, 0.25) is 0 Å². The number of carbonyl (C=O) groups is 1. The van der Waals surface area contributed by atoms with Crippen molar-refractivity contribution in [2.24, 2.45) is 0 Å². The van der Waals surface area contributed by atoms with Crippen LogP contribution in [0.25, 0.3) is 5.69 Å². The van der Waals surface area contributed by atoms with E-state index in [1.165, 1.54) is 22.5 Å². The summed E-state index contributed by atoms with van der Waals surface area (Å²) in [7, 11) is 0. The molecule has 1 amide bonds. The van der Waals surface area contributed by atoms with Crippen LogP contribution >= 0.6 is 0 Å². The lowest BCUT2D eigenvalue weighted by Crippen LogP contribution is -2.35. The van der Waals surface area contributed by atoms with Crippen molar-refractivity contribution in [3.05, 3.63) is 82.9 Å². The molecule has 0 bridgehead atoms. The lowest BCUT2D eigenvalue weighted by molar-refractivity contribution is 0.0792. The maximum Gasteiger partial charge on any atom is 0.255 e. The number of likely N-dealkylation sites (tertiary alicyclic amines) is 1. The molecule has 6 nitrogen and oxygen atoms in total. The lowest BCUT2D eigenvalue weighted by Gasteiger charge is -2.29. The van der Waals surface area contributed by atoms with Crippen LogP contribution in [0.3, 0.4) is 0 Å². The van der Waals surface area contributed by atoms with Gasteiger partial charge in [-0.3, -0.25) is 9.69 Å². The normalized spacial score (nSPS) is 15.2. The van der Waals surface area contributed by atoms with E-state index in [9.17, 15) is 14.3 Å². The number of aliphatic hydroxyl groups excluding tert-OH is 1. The molecule has 2 N–H and O–H groups in total. The smallest absolute Gasteiger partial charge is 0.255 e. The SMILES string of the molecule is Cc1c(C(=O)NCc2ccc(CN3CCC(O)CC3)cc2)cnn1-c1ccccc1F. The Morgan fingerprint density at radius 3 is 2.52 bits per heavy atom. The fourth-order valence-corrected chi connectivity index (χ4v) is 3.87. The summed E-state index contributed by atoms with van der Waals surface area (Å²) in [6.45, 7) is 4.85. The van der Waals surface area contributed by atoms with Crippen LogP contribution in [0.5, 0.6) is 0 Å². The van der Waals surface area contributed by atoms with E-state index >= 15 is 0 Å². The molecule has 1 saturated heterocycles. The van der Waals surface area contributed by atoms with Gasteiger partial charge in [0.15, 0.2) is 0 Å². The molecular weight excluding hydrogens is 395 g/mol. The van der Waals surface area contributed by atoms with Crippen LogP contribution < -0.4 is 5.32 Å². The summed E-state index contributed by atoms with van der Waals surface area (Å²) in [4.78, 5) is 15.0. The summed E-state index contributed by atoms with van der Waals surface area (Å²) in [6, 6.07) is 14.5. The highest BCUT2D eigenvalue weighted by atomic mass is 19.1. The van der Waals surface area contributed by atoms with Crippen molar-refractivity contribution >= 4 is 5.91 Å².